The lowest BCUT2D eigenvalue weighted by molar-refractivity contribution is -0.165. The second-order valence-electron chi connectivity index (χ2n) is 4.69. The molecule has 19 heavy (non-hydrogen) atoms. The van der Waals surface area contributed by atoms with Crippen molar-refractivity contribution in [1.29, 1.82) is 0 Å². The van der Waals surface area contributed by atoms with Crippen LogP contribution in [0.3, 0.4) is 0 Å². The van der Waals surface area contributed by atoms with E-state index in [1.165, 1.54) is 26.2 Å². The topological polar surface area (TPSA) is 46.5 Å². The molecule has 0 aliphatic heterocycles. The van der Waals surface area contributed by atoms with E-state index in [-0.39, 0.29) is 0 Å². The number of aliphatic hydroxyl groups is 1. The first-order valence-corrected chi connectivity index (χ1v) is 7.28. The highest BCUT2D eigenvalue weighted by atomic mass is 16.6. The van der Waals surface area contributed by atoms with E-state index >= 15 is 0 Å². The van der Waals surface area contributed by atoms with Gasteiger partial charge in [0.1, 0.15) is 0 Å². The number of aliphatic hydroxyl groups excluding tert-OH is 1. The van der Waals surface area contributed by atoms with Crippen LogP contribution < -0.4 is 0 Å². The van der Waals surface area contributed by atoms with Gasteiger partial charge in [0, 0.05) is 13.3 Å². The van der Waals surface area contributed by atoms with E-state index in [0.717, 1.165) is 25.7 Å². The minimum Gasteiger partial charge on any atom is -0.436 e. The molecule has 1 atom stereocenters. The highest BCUT2D eigenvalue weighted by Crippen LogP contribution is 2.10. The van der Waals surface area contributed by atoms with Crippen molar-refractivity contribution in [3.05, 3.63) is 24.3 Å². The standard InChI is InChI=1S/C16H28O3/c1-3-4-5-6-7-8-9-10-11-12-13-14-16(18)19-15(2)17/h3-4,6-7,16,18H,5,8-14H2,1-2H3/b4-3+,7-6-. The molecule has 0 aromatic carbocycles. The Kier molecular flexibility index (Phi) is 12.6. The molecule has 0 aliphatic carbocycles. The first-order valence-electron chi connectivity index (χ1n) is 7.28. The molecule has 110 valence electrons. The van der Waals surface area contributed by atoms with E-state index in [0.29, 0.717) is 6.42 Å². The van der Waals surface area contributed by atoms with Crippen molar-refractivity contribution < 1.29 is 14.6 Å². The van der Waals surface area contributed by atoms with E-state index < -0.39 is 12.3 Å². The average molecular weight is 268 g/mol. The minimum absolute atomic E-state index is 0.419. The Labute approximate surface area is 117 Å². The fourth-order valence-electron chi connectivity index (χ4n) is 1.79. The Morgan fingerprint density at radius 2 is 1.79 bits per heavy atom. The zero-order chi connectivity index (χ0) is 14.3. The molecule has 1 unspecified atom stereocenters. The van der Waals surface area contributed by atoms with Crippen LogP contribution in [0.2, 0.25) is 0 Å². The summed E-state index contributed by atoms with van der Waals surface area (Å²) in [7, 11) is 0. The van der Waals surface area contributed by atoms with Crippen LogP contribution in [0.25, 0.3) is 0 Å². The van der Waals surface area contributed by atoms with Crippen molar-refractivity contribution in [3.63, 3.8) is 0 Å². The SMILES string of the molecule is C/C=C/C/C=C\CCCCCCCC(O)OC(C)=O. The molecule has 0 aliphatic rings. The zero-order valence-electron chi connectivity index (χ0n) is 12.3. The third-order valence-corrected chi connectivity index (χ3v) is 2.80. The van der Waals surface area contributed by atoms with Crippen molar-refractivity contribution in [2.24, 2.45) is 0 Å². The molecule has 0 fully saturated rings. The lowest BCUT2D eigenvalue weighted by atomic mass is 10.1. The zero-order valence-corrected chi connectivity index (χ0v) is 12.3. The van der Waals surface area contributed by atoms with E-state index in [2.05, 4.69) is 29.0 Å². The van der Waals surface area contributed by atoms with Crippen LogP contribution in [0.4, 0.5) is 0 Å². The van der Waals surface area contributed by atoms with Gasteiger partial charge in [-0.15, -0.1) is 0 Å². The van der Waals surface area contributed by atoms with Gasteiger partial charge in [-0.1, -0.05) is 43.6 Å². The quantitative estimate of drug-likeness (QED) is 0.265. The van der Waals surface area contributed by atoms with Crippen LogP contribution >= 0.6 is 0 Å². The van der Waals surface area contributed by atoms with Gasteiger partial charge in [0.2, 0.25) is 6.29 Å². The fraction of sp³-hybridized carbons (Fsp3) is 0.688. The molecule has 0 rings (SSSR count). The number of hydrogen-bond donors (Lipinski definition) is 1. The fourth-order valence-corrected chi connectivity index (χ4v) is 1.79. The van der Waals surface area contributed by atoms with Gasteiger partial charge in [-0.3, -0.25) is 4.79 Å². The summed E-state index contributed by atoms with van der Waals surface area (Å²) in [6.07, 6.45) is 16.1. The number of ether oxygens (including phenoxy) is 1. The van der Waals surface area contributed by atoms with E-state index in [1.807, 2.05) is 6.92 Å². The van der Waals surface area contributed by atoms with Gasteiger partial charge >= 0.3 is 5.97 Å². The molecular weight excluding hydrogens is 240 g/mol. The van der Waals surface area contributed by atoms with Crippen molar-refractivity contribution >= 4 is 5.97 Å². The molecule has 0 radical (unpaired) electrons. The number of hydrogen-bond acceptors (Lipinski definition) is 3. The summed E-state index contributed by atoms with van der Waals surface area (Å²) in [6, 6.07) is 0. The lowest BCUT2D eigenvalue weighted by Gasteiger charge is -2.09. The Bertz CT molecular complexity index is 269. The maximum Gasteiger partial charge on any atom is 0.304 e. The summed E-state index contributed by atoms with van der Waals surface area (Å²) >= 11 is 0. The molecule has 0 heterocycles. The second kappa shape index (κ2) is 13.3. The van der Waals surface area contributed by atoms with Crippen LogP contribution in [0.1, 0.15) is 65.2 Å². The van der Waals surface area contributed by atoms with Crippen LogP contribution in [0.5, 0.6) is 0 Å². The van der Waals surface area contributed by atoms with Gasteiger partial charge in [-0.05, 0) is 32.6 Å². The smallest absolute Gasteiger partial charge is 0.304 e. The minimum atomic E-state index is -0.924. The van der Waals surface area contributed by atoms with Crippen molar-refractivity contribution in [2.75, 3.05) is 0 Å². The lowest BCUT2D eigenvalue weighted by Crippen LogP contribution is -2.14. The Hall–Kier alpha value is -1.09. The summed E-state index contributed by atoms with van der Waals surface area (Å²) < 4.78 is 4.64. The highest BCUT2D eigenvalue weighted by Gasteiger charge is 2.05. The monoisotopic (exact) mass is 268 g/mol. The molecule has 1 N–H and O–H groups in total. The van der Waals surface area contributed by atoms with Gasteiger partial charge in [-0.2, -0.15) is 0 Å². The molecule has 0 aromatic rings. The normalized spacial score (nSPS) is 13.2. The third-order valence-electron chi connectivity index (χ3n) is 2.80. The molecule has 0 spiro atoms. The van der Waals surface area contributed by atoms with Gasteiger partial charge < -0.3 is 9.84 Å². The maximum absolute atomic E-state index is 10.6. The van der Waals surface area contributed by atoms with Crippen LogP contribution in [0, 0.1) is 0 Å². The Balaban J connectivity index is 3.23. The first-order chi connectivity index (χ1) is 9.16. The Morgan fingerprint density at radius 3 is 2.47 bits per heavy atom. The predicted molar refractivity (Wildman–Crippen MR) is 78.7 cm³/mol. The second-order valence-corrected chi connectivity index (χ2v) is 4.69. The van der Waals surface area contributed by atoms with Crippen molar-refractivity contribution in [1.82, 2.24) is 0 Å². The van der Waals surface area contributed by atoms with Gasteiger partial charge in [0.15, 0.2) is 0 Å². The molecule has 3 heteroatoms. The third kappa shape index (κ3) is 14.9. The maximum atomic E-state index is 10.6. The largest absolute Gasteiger partial charge is 0.436 e. The number of rotatable bonds is 11. The summed E-state index contributed by atoms with van der Waals surface area (Å²) in [4.78, 5) is 10.6. The van der Waals surface area contributed by atoms with Crippen molar-refractivity contribution in [3.8, 4) is 0 Å². The molecule has 0 saturated heterocycles. The van der Waals surface area contributed by atoms with Crippen molar-refractivity contribution in [2.45, 2.75) is 71.5 Å². The van der Waals surface area contributed by atoms with Gasteiger partial charge in [0.25, 0.3) is 0 Å². The number of esters is 1. The number of carbonyl (C=O) groups is 1. The summed E-state index contributed by atoms with van der Waals surface area (Å²) in [5.74, 6) is -0.419. The molecular formula is C16H28O3. The van der Waals surface area contributed by atoms with Gasteiger partial charge in [0.05, 0.1) is 0 Å². The predicted octanol–water partition coefficient (Wildman–Crippen LogP) is 4.12. The van der Waals surface area contributed by atoms with E-state index in [1.54, 1.807) is 0 Å². The average Bonchev–Trinajstić information content (AvgIpc) is 2.35. The number of unbranched alkanes of at least 4 members (excludes halogenated alkanes) is 5. The van der Waals surface area contributed by atoms with Crippen LogP contribution in [-0.4, -0.2) is 17.4 Å². The first kappa shape index (κ1) is 17.9. The number of allylic oxidation sites excluding steroid dienone is 4. The van der Waals surface area contributed by atoms with Gasteiger partial charge in [-0.25, -0.2) is 0 Å². The number of carbonyl (C=O) groups excluding carboxylic acids is 1. The highest BCUT2D eigenvalue weighted by molar-refractivity contribution is 5.65. The molecule has 0 amide bonds. The molecule has 0 saturated carbocycles. The summed E-state index contributed by atoms with van der Waals surface area (Å²) in [5, 5.41) is 9.31. The molecule has 0 bridgehead atoms. The molecule has 3 nitrogen and oxygen atoms in total. The molecule has 0 aromatic heterocycles. The van der Waals surface area contributed by atoms with Crippen LogP contribution in [0.15, 0.2) is 24.3 Å². The summed E-state index contributed by atoms with van der Waals surface area (Å²) in [5.41, 5.74) is 0. The van der Waals surface area contributed by atoms with E-state index in [4.69, 9.17) is 0 Å². The van der Waals surface area contributed by atoms with E-state index in [9.17, 15) is 9.90 Å². The Morgan fingerprint density at radius 1 is 1.11 bits per heavy atom. The van der Waals surface area contributed by atoms with Crippen LogP contribution in [-0.2, 0) is 9.53 Å². The summed E-state index contributed by atoms with van der Waals surface area (Å²) in [6.45, 7) is 3.35.